The first-order chi connectivity index (χ1) is 10.1. The molecule has 1 saturated heterocycles. The van der Waals surface area contributed by atoms with Crippen LogP contribution in [-0.2, 0) is 6.54 Å². The maximum absolute atomic E-state index is 11.3. The second-order valence-electron chi connectivity index (χ2n) is 5.75. The Hall–Kier alpha value is -1.54. The third kappa shape index (κ3) is 3.21. The molecule has 8 heteroatoms. The molecule has 2 N–H and O–H groups in total. The molecule has 1 aliphatic heterocycles. The van der Waals surface area contributed by atoms with Gasteiger partial charge in [0.1, 0.15) is 16.7 Å². The van der Waals surface area contributed by atoms with Gasteiger partial charge in [-0.15, -0.1) is 0 Å². The van der Waals surface area contributed by atoms with E-state index in [9.17, 15) is 4.79 Å². The molecule has 7 nitrogen and oxygen atoms in total. The van der Waals surface area contributed by atoms with E-state index in [1.54, 1.807) is 0 Å². The molecule has 1 atom stereocenters. The number of aromatic nitrogens is 5. The van der Waals surface area contributed by atoms with Crippen molar-refractivity contribution in [3.63, 3.8) is 0 Å². The standard InChI is InChI=1S/C13H20N6OS/c1-8(2)11-14-10(21-18-11)7-19-6-4-3-5-9(19)12-15-13(20)17-16-12/h8-9H,3-7H2,1-2H3,(H2,15,16,17,20). The van der Waals surface area contributed by atoms with Crippen LogP contribution < -0.4 is 5.69 Å². The second-order valence-corrected chi connectivity index (χ2v) is 6.58. The van der Waals surface area contributed by atoms with Crippen molar-refractivity contribution in [1.82, 2.24) is 29.4 Å². The molecule has 3 rings (SSSR count). The van der Waals surface area contributed by atoms with Gasteiger partial charge >= 0.3 is 5.69 Å². The van der Waals surface area contributed by atoms with Crippen molar-refractivity contribution < 1.29 is 0 Å². The lowest BCUT2D eigenvalue weighted by Gasteiger charge is -2.33. The number of rotatable bonds is 4. The Morgan fingerprint density at radius 3 is 2.95 bits per heavy atom. The average molecular weight is 308 g/mol. The van der Waals surface area contributed by atoms with Crippen LogP contribution >= 0.6 is 11.5 Å². The second kappa shape index (κ2) is 6.07. The van der Waals surface area contributed by atoms with Crippen molar-refractivity contribution in [1.29, 1.82) is 0 Å². The van der Waals surface area contributed by atoms with Crippen LogP contribution in [0.3, 0.4) is 0 Å². The summed E-state index contributed by atoms with van der Waals surface area (Å²) < 4.78 is 4.41. The summed E-state index contributed by atoms with van der Waals surface area (Å²) >= 11 is 1.47. The van der Waals surface area contributed by atoms with Crippen LogP contribution in [-0.4, -0.2) is 36.0 Å². The van der Waals surface area contributed by atoms with Crippen LogP contribution in [0.4, 0.5) is 0 Å². The van der Waals surface area contributed by atoms with Gasteiger partial charge in [-0.25, -0.2) is 14.9 Å². The summed E-state index contributed by atoms with van der Waals surface area (Å²) in [6.07, 6.45) is 3.33. The van der Waals surface area contributed by atoms with Crippen LogP contribution in [0.5, 0.6) is 0 Å². The number of aromatic amines is 2. The van der Waals surface area contributed by atoms with E-state index in [1.807, 2.05) is 0 Å². The van der Waals surface area contributed by atoms with Gasteiger partial charge in [-0.05, 0) is 30.9 Å². The van der Waals surface area contributed by atoms with Gasteiger partial charge in [0, 0.05) is 5.92 Å². The normalized spacial score (nSPS) is 20.2. The maximum atomic E-state index is 11.3. The number of H-pyrrole nitrogens is 2. The zero-order chi connectivity index (χ0) is 14.8. The van der Waals surface area contributed by atoms with Gasteiger partial charge in [-0.2, -0.15) is 9.47 Å². The quantitative estimate of drug-likeness (QED) is 0.899. The lowest BCUT2D eigenvalue weighted by Crippen LogP contribution is -2.33. The molecular formula is C13H20N6OS. The molecule has 2 aromatic heterocycles. The highest BCUT2D eigenvalue weighted by Crippen LogP contribution is 2.30. The first kappa shape index (κ1) is 14.4. The van der Waals surface area contributed by atoms with Crippen molar-refractivity contribution in [2.75, 3.05) is 6.54 Å². The molecule has 1 fully saturated rings. The summed E-state index contributed by atoms with van der Waals surface area (Å²) in [6.45, 7) is 5.97. The molecule has 1 unspecified atom stereocenters. The Morgan fingerprint density at radius 1 is 1.43 bits per heavy atom. The van der Waals surface area contributed by atoms with E-state index < -0.39 is 0 Å². The number of nitrogens with one attached hydrogen (secondary N) is 2. The molecular weight excluding hydrogens is 288 g/mol. The van der Waals surface area contributed by atoms with Gasteiger partial charge in [-0.3, -0.25) is 9.88 Å². The Morgan fingerprint density at radius 2 is 2.29 bits per heavy atom. The lowest BCUT2D eigenvalue weighted by atomic mass is 10.0. The third-order valence-corrected chi connectivity index (χ3v) is 4.50. The number of hydrogen-bond acceptors (Lipinski definition) is 6. The summed E-state index contributed by atoms with van der Waals surface area (Å²) in [6, 6.07) is 0.157. The topological polar surface area (TPSA) is 90.6 Å². The predicted molar refractivity (Wildman–Crippen MR) is 80.2 cm³/mol. The molecule has 3 heterocycles. The Labute approximate surface area is 127 Å². The summed E-state index contributed by atoms with van der Waals surface area (Å²) in [5.41, 5.74) is -0.242. The molecule has 0 aromatic carbocycles. The zero-order valence-electron chi connectivity index (χ0n) is 12.3. The summed E-state index contributed by atoms with van der Waals surface area (Å²) in [5.74, 6) is 2.00. The fourth-order valence-corrected chi connectivity index (χ4v) is 3.48. The van der Waals surface area contributed by atoms with Crippen molar-refractivity contribution in [3.8, 4) is 0 Å². The Bertz CT molecular complexity index is 645. The van der Waals surface area contributed by atoms with Crippen molar-refractivity contribution in [2.45, 2.75) is 51.6 Å². The molecule has 0 radical (unpaired) electrons. The number of hydrogen-bond donors (Lipinski definition) is 2. The fourth-order valence-electron chi connectivity index (χ4n) is 2.67. The zero-order valence-corrected chi connectivity index (χ0v) is 13.1. The van der Waals surface area contributed by atoms with Crippen LogP contribution in [0.1, 0.15) is 61.7 Å². The fraction of sp³-hybridized carbons (Fsp3) is 0.692. The minimum absolute atomic E-state index is 0.157. The largest absolute Gasteiger partial charge is 0.340 e. The summed E-state index contributed by atoms with van der Waals surface area (Å²) in [5, 5.41) is 7.58. The SMILES string of the molecule is CC(C)c1nsc(CN2CCCCC2c2n[nH]c(=O)[nH]2)n1. The predicted octanol–water partition coefficient (Wildman–Crippen LogP) is 1.80. The van der Waals surface area contributed by atoms with E-state index in [4.69, 9.17) is 0 Å². The lowest BCUT2D eigenvalue weighted by molar-refractivity contribution is 0.134. The van der Waals surface area contributed by atoms with Gasteiger partial charge in [0.05, 0.1) is 12.6 Å². The number of piperidine rings is 1. The van der Waals surface area contributed by atoms with E-state index in [2.05, 4.69) is 43.3 Å². The van der Waals surface area contributed by atoms with Gasteiger partial charge < -0.3 is 0 Å². The molecule has 114 valence electrons. The summed E-state index contributed by atoms with van der Waals surface area (Å²) in [7, 11) is 0. The molecule has 1 aliphatic rings. The van der Waals surface area contributed by atoms with Crippen LogP contribution in [0, 0.1) is 0 Å². The van der Waals surface area contributed by atoms with E-state index in [1.165, 1.54) is 18.0 Å². The van der Waals surface area contributed by atoms with E-state index >= 15 is 0 Å². The smallest absolute Gasteiger partial charge is 0.292 e. The van der Waals surface area contributed by atoms with Crippen LogP contribution in [0.2, 0.25) is 0 Å². The number of likely N-dealkylation sites (tertiary alicyclic amines) is 1. The van der Waals surface area contributed by atoms with Gasteiger partial charge in [-0.1, -0.05) is 20.3 Å². The number of nitrogens with zero attached hydrogens (tertiary/aromatic N) is 4. The monoisotopic (exact) mass is 308 g/mol. The molecule has 0 saturated carbocycles. The van der Waals surface area contributed by atoms with Crippen molar-refractivity contribution in [2.24, 2.45) is 0 Å². The molecule has 21 heavy (non-hydrogen) atoms. The van der Waals surface area contributed by atoms with Gasteiger partial charge in [0.25, 0.3) is 0 Å². The van der Waals surface area contributed by atoms with Crippen LogP contribution in [0.15, 0.2) is 4.79 Å². The molecule has 0 aliphatic carbocycles. The maximum Gasteiger partial charge on any atom is 0.340 e. The van der Waals surface area contributed by atoms with E-state index in [-0.39, 0.29) is 11.7 Å². The minimum Gasteiger partial charge on any atom is -0.292 e. The summed E-state index contributed by atoms with van der Waals surface area (Å²) in [4.78, 5) is 21.0. The third-order valence-electron chi connectivity index (χ3n) is 3.79. The van der Waals surface area contributed by atoms with Crippen molar-refractivity contribution >= 4 is 11.5 Å². The molecule has 0 bridgehead atoms. The highest BCUT2D eigenvalue weighted by atomic mass is 32.1. The molecule has 0 amide bonds. The molecule has 0 spiro atoms. The van der Waals surface area contributed by atoms with Gasteiger partial charge in [0.2, 0.25) is 0 Å². The minimum atomic E-state index is -0.242. The Balaban J connectivity index is 1.76. The highest BCUT2D eigenvalue weighted by molar-refractivity contribution is 7.05. The first-order valence-electron chi connectivity index (χ1n) is 7.34. The average Bonchev–Trinajstić information content (AvgIpc) is 3.09. The highest BCUT2D eigenvalue weighted by Gasteiger charge is 2.27. The Kier molecular flexibility index (Phi) is 4.16. The van der Waals surface area contributed by atoms with Crippen LogP contribution in [0.25, 0.3) is 0 Å². The van der Waals surface area contributed by atoms with E-state index in [0.717, 1.165) is 42.6 Å². The molecule has 2 aromatic rings. The van der Waals surface area contributed by atoms with E-state index in [0.29, 0.717) is 5.92 Å². The van der Waals surface area contributed by atoms with Crippen molar-refractivity contribution in [3.05, 3.63) is 27.1 Å². The van der Waals surface area contributed by atoms with Gasteiger partial charge in [0.15, 0.2) is 0 Å². The first-order valence-corrected chi connectivity index (χ1v) is 8.12.